The van der Waals surface area contributed by atoms with Crippen LogP contribution in [0.1, 0.15) is 6.42 Å². The van der Waals surface area contributed by atoms with Crippen molar-refractivity contribution >= 4 is 26.5 Å². The van der Waals surface area contributed by atoms with E-state index < -0.39 is 0 Å². The minimum absolute atomic E-state index is 0.120. The van der Waals surface area contributed by atoms with Gasteiger partial charge in [0.05, 0.1) is 0 Å². The van der Waals surface area contributed by atoms with Crippen LogP contribution in [0.5, 0.6) is 0 Å². The molecule has 0 fully saturated rings. The van der Waals surface area contributed by atoms with Crippen LogP contribution in [0.25, 0.3) is 0 Å². The summed E-state index contributed by atoms with van der Waals surface area (Å²) >= 11 is 2.13. The van der Waals surface area contributed by atoms with E-state index in [1.165, 1.54) is 11.5 Å². The molecular formula is C6H17LiNSi. The van der Waals surface area contributed by atoms with E-state index in [4.69, 9.17) is 5.73 Å². The second-order valence-corrected chi connectivity index (χ2v) is 5.64. The Balaban J connectivity index is 0. The van der Waals surface area contributed by atoms with Crippen molar-refractivity contribution in [3.63, 3.8) is 0 Å². The predicted molar refractivity (Wildman–Crippen MR) is 47.6 cm³/mol. The fourth-order valence-corrected chi connectivity index (χ4v) is 0.204. The van der Waals surface area contributed by atoms with Gasteiger partial charge in [-0.3, -0.25) is 0 Å². The molecule has 0 bridgehead atoms. The first-order valence-corrected chi connectivity index (χ1v) is 6.62. The third-order valence-corrected chi connectivity index (χ3v) is 0.558. The summed E-state index contributed by atoms with van der Waals surface area (Å²) in [6.07, 6.45) is 1.17. The van der Waals surface area contributed by atoms with E-state index in [0.29, 0.717) is 0 Å². The Morgan fingerprint density at radius 2 is 1.67 bits per heavy atom. The Labute approximate surface area is 70.2 Å². The standard InChI is InChI=1S/C3H8N.C3H9Si.Li/c1-2-3-4;1-4(2)3;/h1-4H2;1-3H3;. The Hall–Kier alpha value is 0.774. The molecule has 0 amide bonds. The summed E-state index contributed by atoms with van der Waals surface area (Å²) < 4.78 is 0. The topological polar surface area (TPSA) is 26.0 Å². The molecular weight excluding hydrogens is 121 g/mol. The fraction of sp³-hybridized carbons (Fsp3) is 1.00. The second kappa shape index (κ2) is 11.6. The normalized spacial score (nSPS) is 8.78. The molecule has 3 heteroatoms. The third kappa shape index (κ3) is 52.3. The Morgan fingerprint density at radius 1 is 1.33 bits per heavy atom. The van der Waals surface area contributed by atoms with Crippen molar-refractivity contribution in [1.82, 2.24) is 0 Å². The molecule has 0 saturated heterocycles. The van der Waals surface area contributed by atoms with Crippen LogP contribution in [0.15, 0.2) is 0 Å². The van der Waals surface area contributed by atoms with Gasteiger partial charge < -0.3 is 0 Å². The van der Waals surface area contributed by atoms with Crippen LogP contribution in [0.4, 0.5) is 0 Å². The van der Waals surface area contributed by atoms with Crippen molar-refractivity contribution in [2.75, 3.05) is 6.54 Å². The molecule has 1 nitrogen and oxygen atoms in total. The van der Waals surface area contributed by atoms with Crippen LogP contribution >= 0.6 is 0 Å². The van der Waals surface area contributed by atoms with Crippen molar-refractivity contribution in [2.24, 2.45) is 5.73 Å². The molecule has 0 heterocycles. The molecule has 0 unspecified atom stereocenters. The maximum absolute atomic E-state index is 5.14. The molecule has 0 aliphatic heterocycles. The van der Waals surface area contributed by atoms with Crippen LogP contribution in [0.2, 0.25) is 24.7 Å². The van der Waals surface area contributed by atoms with E-state index >= 15 is 0 Å². The number of hydrogen-bond donors (Lipinski definition) is 1. The number of nitrogens with two attached hydrogens (primary N) is 1. The van der Waals surface area contributed by atoms with E-state index in [0.717, 1.165) is 6.54 Å². The van der Waals surface area contributed by atoms with Crippen molar-refractivity contribution in [3.8, 4) is 0 Å². The molecule has 0 aromatic carbocycles. The summed E-state index contributed by atoms with van der Waals surface area (Å²) in [5, 5.41) is 1.22. The van der Waals surface area contributed by atoms with Crippen LogP contribution in [0, 0.1) is 0 Å². The van der Waals surface area contributed by atoms with Crippen molar-refractivity contribution < 1.29 is 0 Å². The Morgan fingerprint density at radius 3 is 1.67 bits per heavy atom. The first kappa shape index (κ1) is 12.5. The summed E-state index contributed by atoms with van der Waals surface area (Å²) in [5.41, 5.74) is 5.14. The van der Waals surface area contributed by atoms with Crippen LogP contribution in [-0.4, -0.2) is 33.1 Å². The number of hydrogen-bond acceptors (Lipinski definition) is 1. The van der Waals surface area contributed by atoms with Gasteiger partial charge in [-0.2, -0.15) is 0 Å². The summed E-state index contributed by atoms with van der Waals surface area (Å²) in [5.74, 6) is 0. The van der Waals surface area contributed by atoms with Gasteiger partial charge >= 0.3 is 41.5 Å². The molecule has 2 N–H and O–H groups in total. The van der Waals surface area contributed by atoms with Gasteiger partial charge in [0.25, 0.3) is 0 Å². The van der Waals surface area contributed by atoms with Gasteiger partial charge in [-0.1, -0.05) is 19.6 Å². The molecule has 0 aromatic rings. The number of rotatable bonds is 2. The molecule has 0 atom stereocenters. The van der Waals surface area contributed by atoms with Gasteiger partial charge in [-0.15, -0.1) is 0 Å². The summed E-state index contributed by atoms with van der Waals surface area (Å²) in [6, 6.07) is 0. The minimum atomic E-state index is 0.120. The van der Waals surface area contributed by atoms with Gasteiger partial charge in [0.2, 0.25) is 0 Å². The van der Waals surface area contributed by atoms with Gasteiger partial charge in [-0.05, 0) is 0 Å². The fourth-order valence-electron chi connectivity index (χ4n) is 0.204. The van der Waals surface area contributed by atoms with Gasteiger partial charge in [0.15, 0.2) is 0 Å². The molecule has 0 aliphatic carbocycles. The monoisotopic (exact) mass is 138 g/mol. The molecule has 1 radical (unpaired) electrons. The summed E-state index contributed by atoms with van der Waals surface area (Å²) in [4.78, 5) is 0. The Bertz CT molecular complexity index is 37.3. The molecule has 9 heavy (non-hydrogen) atoms. The quantitative estimate of drug-likeness (QED) is 0.572. The molecule has 0 spiro atoms. The Kier molecular flexibility index (Phi) is 16.0. The van der Waals surface area contributed by atoms with Gasteiger partial charge in [-0.25, -0.2) is 0 Å². The first-order chi connectivity index (χ1) is 4.15. The van der Waals surface area contributed by atoms with Crippen LogP contribution in [-0.2, 0) is 0 Å². The summed E-state index contributed by atoms with van der Waals surface area (Å²) in [6.45, 7) is 7.65. The maximum atomic E-state index is 5.14. The van der Waals surface area contributed by atoms with Crippen molar-refractivity contribution in [2.45, 2.75) is 31.2 Å². The molecule has 0 rings (SSSR count). The average Bonchev–Trinajstić information content (AvgIpc) is 1.66. The van der Waals surface area contributed by atoms with Crippen molar-refractivity contribution in [1.29, 1.82) is 0 Å². The SMILES string of the molecule is C[Si](C)C.[Li][CH2]CCN. The van der Waals surface area contributed by atoms with E-state index in [1.807, 2.05) is 0 Å². The van der Waals surface area contributed by atoms with Crippen LogP contribution < -0.4 is 5.73 Å². The molecule has 0 saturated carbocycles. The predicted octanol–water partition coefficient (Wildman–Crippen LogP) is 1.29. The molecule has 51 valence electrons. The molecule has 0 aliphatic rings. The summed E-state index contributed by atoms with van der Waals surface area (Å²) in [7, 11) is 0.120. The van der Waals surface area contributed by atoms with E-state index in [1.54, 1.807) is 0 Å². The van der Waals surface area contributed by atoms with E-state index in [2.05, 4.69) is 37.4 Å². The average molecular weight is 138 g/mol. The van der Waals surface area contributed by atoms with Gasteiger partial charge in [0.1, 0.15) is 0 Å². The third-order valence-electron chi connectivity index (χ3n) is 0.558. The zero-order chi connectivity index (χ0) is 7.70. The molecule has 0 aromatic heterocycles. The van der Waals surface area contributed by atoms with E-state index in [-0.39, 0.29) is 8.80 Å². The van der Waals surface area contributed by atoms with Crippen LogP contribution in [0.3, 0.4) is 0 Å². The zero-order valence-corrected chi connectivity index (χ0v) is 8.20. The van der Waals surface area contributed by atoms with E-state index in [9.17, 15) is 0 Å². The first-order valence-electron chi connectivity index (χ1n) is 3.62. The zero-order valence-electron chi connectivity index (χ0n) is 7.20. The van der Waals surface area contributed by atoms with Gasteiger partial charge in [0, 0.05) is 8.80 Å². The van der Waals surface area contributed by atoms with Crippen molar-refractivity contribution in [3.05, 3.63) is 0 Å². The second-order valence-electron chi connectivity index (χ2n) is 2.64.